The molecule has 1 heterocycles. The molecule has 1 aromatic rings. The number of hydrogen-bond acceptors (Lipinski definition) is 2. The Morgan fingerprint density at radius 1 is 1.53 bits per heavy atom. The van der Waals surface area contributed by atoms with Gasteiger partial charge in [-0.25, -0.2) is 4.39 Å². The summed E-state index contributed by atoms with van der Waals surface area (Å²) in [5, 5.41) is 8.95. The summed E-state index contributed by atoms with van der Waals surface area (Å²) in [5.74, 6) is -1.64. The predicted octanol–water partition coefficient (Wildman–Crippen LogP) is 2.20. The van der Waals surface area contributed by atoms with Crippen molar-refractivity contribution in [3.63, 3.8) is 0 Å². The third-order valence-corrected chi connectivity index (χ3v) is 3.32. The average Bonchev–Trinajstić information content (AvgIpc) is 2.24. The van der Waals surface area contributed by atoms with E-state index in [1.807, 2.05) is 0 Å². The van der Waals surface area contributed by atoms with E-state index < -0.39 is 17.3 Å². The van der Waals surface area contributed by atoms with Crippen LogP contribution in [0.4, 0.5) is 4.39 Å². The Hall–Kier alpha value is -1.42. The van der Waals surface area contributed by atoms with Crippen molar-refractivity contribution in [2.24, 2.45) is 5.92 Å². The molecule has 0 radical (unpaired) electrons. The highest BCUT2D eigenvalue weighted by Crippen LogP contribution is 2.39. The normalized spacial score (nSPS) is 19.4. The first-order chi connectivity index (χ1) is 8.05. The highest BCUT2D eigenvalue weighted by Gasteiger charge is 2.44. The Kier molecular flexibility index (Phi) is 3.15. The van der Waals surface area contributed by atoms with E-state index in [4.69, 9.17) is 9.84 Å². The van der Waals surface area contributed by atoms with E-state index in [0.29, 0.717) is 25.2 Å². The molecule has 1 aliphatic rings. The lowest BCUT2D eigenvalue weighted by atomic mass is 9.72. The molecule has 1 fully saturated rings. The summed E-state index contributed by atoms with van der Waals surface area (Å²) >= 11 is 0. The maximum atomic E-state index is 13.8. The van der Waals surface area contributed by atoms with E-state index in [9.17, 15) is 9.18 Å². The molecule has 1 atom stereocenters. The van der Waals surface area contributed by atoms with Crippen molar-refractivity contribution in [1.29, 1.82) is 0 Å². The number of rotatable bonds is 4. The van der Waals surface area contributed by atoms with Crippen LogP contribution in [-0.2, 0) is 14.9 Å². The maximum Gasteiger partial charge on any atom is 0.306 e. The van der Waals surface area contributed by atoms with E-state index in [2.05, 4.69) is 0 Å². The second kappa shape index (κ2) is 4.45. The standard InChI is InChI=1S/C13H15FO3/c1-9(12(15)16)6-13(7-17-8-13)10-4-2-3-5-11(10)14/h2-5,9H,6-8H2,1H3,(H,15,16). The zero-order valence-corrected chi connectivity index (χ0v) is 9.65. The van der Waals surface area contributed by atoms with Gasteiger partial charge in [0.25, 0.3) is 0 Å². The molecule has 1 N–H and O–H groups in total. The molecular weight excluding hydrogens is 223 g/mol. The Morgan fingerprint density at radius 3 is 2.65 bits per heavy atom. The molecule has 1 aliphatic heterocycles. The number of carbonyl (C=O) groups is 1. The second-order valence-corrected chi connectivity index (χ2v) is 4.70. The van der Waals surface area contributed by atoms with Crippen molar-refractivity contribution in [2.75, 3.05) is 13.2 Å². The summed E-state index contributed by atoms with van der Waals surface area (Å²) in [6.45, 7) is 2.43. The topological polar surface area (TPSA) is 46.5 Å². The van der Waals surface area contributed by atoms with Crippen LogP contribution in [0.1, 0.15) is 18.9 Å². The zero-order valence-electron chi connectivity index (χ0n) is 9.65. The molecule has 1 saturated heterocycles. The highest BCUT2D eigenvalue weighted by atomic mass is 19.1. The lowest BCUT2D eigenvalue weighted by Crippen LogP contribution is -2.49. The van der Waals surface area contributed by atoms with Crippen LogP contribution in [0.5, 0.6) is 0 Å². The largest absolute Gasteiger partial charge is 0.481 e. The first kappa shape index (κ1) is 12.0. The molecule has 0 spiro atoms. The number of halogens is 1. The van der Waals surface area contributed by atoms with Crippen LogP contribution >= 0.6 is 0 Å². The molecule has 1 unspecified atom stereocenters. The van der Waals surface area contributed by atoms with E-state index in [-0.39, 0.29) is 5.82 Å². The molecule has 3 nitrogen and oxygen atoms in total. The number of hydrogen-bond donors (Lipinski definition) is 1. The average molecular weight is 238 g/mol. The lowest BCUT2D eigenvalue weighted by Gasteiger charge is -2.43. The Morgan fingerprint density at radius 2 is 2.18 bits per heavy atom. The van der Waals surface area contributed by atoms with Gasteiger partial charge in [-0.05, 0) is 18.1 Å². The smallest absolute Gasteiger partial charge is 0.306 e. The molecule has 17 heavy (non-hydrogen) atoms. The van der Waals surface area contributed by atoms with Crippen molar-refractivity contribution in [3.05, 3.63) is 35.6 Å². The fraction of sp³-hybridized carbons (Fsp3) is 0.462. The first-order valence-electron chi connectivity index (χ1n) is 5.61. The van der Waals surface area contributed by atoms with Gasteiger partial charge in [0.05, 0.1) is 19.1 Å². The molecule has 92 valence electrons. The van der Waals surface area contributed by atoms with Gasteiger partial charge in [0.2, 0.25) is 0 Å². The minimum atomic E-state index is -0.854. The summed E-state index contributed by atoms with van der Waals surface area (Å²) in [7, 11) is 0. The van der Waals surface area contributed by atoms with E-state index in [1.165, 1.54) is 6.07 Å². The Bertz CT molecular complexity index is 426. The second-order valence-electron chi connectivity index (χ2n) is 4.70. The lowest BCUT2D eigenvalue weighted by molar-refractivity contribution is -0.144. The molecule has 2 rings (SSSR count). The summed E-state index contributed by atoms with van der Waals surface area (Å²) in [4.78, 5) is 10.9. The quantitative estimate of drug-likeness (QED) is 0.874. The van der Waals surface area contributed by atoms with Crippen molar-refractivity contribution >= 4 is 5.97 Å². The number of ether oxygens (including phenoxy) is 1. The first-order valence-corrected chi connectivity index (χ1v) is 5.61. The SMILES string of the molecule is CC(CC1(c2ccccc2F)COC1)C(=O)O. The van der Waals surface area contributed by atoms with E-state index in [0.717, 1.165) is 0 Å². The van der Waals surface area contributed by atoms with Gasteiger partial charge in [0, 0.05) is 5.41 Å². The minimum Gasteiger partial charge on any atom is -0.481 e. The fourth-order valence-corrected chi connectivity index (χ4v) is 2.30. The summed E-state index contributed by atoms with van der Waals surface area (Å²) in [5.41, 5.74) is 0.0997. The van der Waals surface area contributed by atoms with Gasteiger partial charge in [-0.2, -0.15) is 0 Å². The molecule has 4 heteroatoms. The van der Waals surface area contributed by atoms with Gasteiger partial charge in [-0.3, -0.25) is 4.79 Å². The Labute approximate surface area is 99.2 Å². The molecule has 0 aromatic heterocycles. The van der Waals surface area contributed by atoms with Gasteiger partial charge >= 0.3 is 5.97 Å². The zero-order chi connectivity index (χ0) is 12.5. The number of aliphatic carboxylic acids is 1. The molecule has 0 bridgehead atoms. The van der Waals surface area contributed by atoms with Gasteiger partial charge in [0.15, 0.2) is 0 Å². The van der Waals surface area contributed by atoms with Crippen LogP contribution < -0.4 is 0 Å². The van der Waals surface area contributed by atoms with Crippen molar-refractivity contribution in [1.82, 2.24) is 0 Å². The predicted molar refractivity (Wildman–Crippen MR) is 60.3 cm³/mol. The van der Waals surface area contributed by atoms with Crippen LogP contribution in [-0.4, -0.2) is 24.3 Å². The van der Waals surface area contributed by atoms with E-state index in [1.54, 1.807) is 25.1 Å². The summed E-state index contributed by atoms with van der Waals surface area (Å²) < 4.78 is 18.9. The number of carboxylic acid groups (broad SMARTS) is 1. The van der Waals surface area contributed by atoms with Crippen molar-refractivity contribution in [3.8, 4) is 0 Å². The molecule has 0 aliphatic carbocycles. The third-order valence-electron chi connectivity index (χ3n) is 3.32. The molecular formula is C13H15FO3. The Balaban J connectivity index is 2.26. The van der Waals surface area contributed by atoms with Gasteiger partial charge in [-0.1, -0.05) is 25.1 Å². The van der Waals surface area contributed by atoms with Crippen molar-refractivity contribution in [2.45, 2.75) is 18.8 Å². The molecule has 0 saturated carbocycles. The summed E-state index contributed by atoms with van der Waals surface area (Å²) in [6, 6.07) is 6.52. The van der Waals surface area contributed by atoms with Crippen LogP contribution in [0.3, 0.4) is 0 Å². The summed E-state index contributed by atoms with van der Waals surface area (Å²) in [6.07, 6.45) is 0.406. The maximum absolute atomic E-state index is 13.8. The monoisotopic (exact) mass is 238 g/mol. The minimum absolute atomic E-state index is 0.284. The van der Waals surface area contributed by atoms with Crippen LogP contribution in [0.2, 0.25) is 0 Å². The molecule has 1 aromatic carbocycles. The highest BCUT2D eigenvalue weighted by molar-refractivity contribution is 5.69. The van der Waals surface area contributed by atoms with Gasteiger partial charge in [-0.15, -0.1) is 0 Å². The van der Waals surface area contributed by atoms with Gasteiger partial charge in [0.1, 0.15) is 5.82 Å². The molecule has 0 amide bonds. The van der Waals surface area contributed by atoms with Crippen LogP contribution in [0.15, 0.2) is 24.3 Å². The number of benzene rings is 1. The van der Waals surface area contributed by atoms with Crippen molar-refractivity contribution < 1.29 is 19.0 Å². The van der Waals surface area contributed by atoms with Crippen LogP contribution in [0, 0.1) is 11.7 Å². The number of carboxylic acids is 1. The van der Waals surface area contributed by atoms with Gasteiger partial charge < -0.3 is 9.84 Å². The fourth-order valence-electron chi connectivity index (χ4n) is 2.30. The van der Waals surface area contributed by atoms with E-state index >= 15 is 0 Å². The third kappa shape index (κ3) is 2.17. The van der Waals surface area contributed by atoms with Crippen LogP contribution in [0.25, 0.3) is 0 Å².